The summed E-state index contributed by atoms with van der Waals surface area (Å²) in [5.41, 5.74) is -0.00740. The lowest BCUT2D eigenvalue weighted by atomic mass is 9.93. The molecule has 0 heterocycles. The molecule has 0 fully saturated rings. The van der Waals surface area contributed by atoms with E-state index in [2.05, 4.69) is 19.6 Å². The van der Waals surface area contributed by atoms with Crippen molar-refractivity contribution in [1.82, 2.24) is 0 Å². The third kappa shape index (κ3) is 7.21. The number of aromatic carboxylic acids is 1. The monoisotopic (exact) mass is 476 g/mol. The fourth-order valence-corrected chi connectivity index (χ4v) is 3.75. The summed E-state index contributed by atoms with van der Waals surface area (Å²) in [5.74, 6) is -2.40. The summed E-state index contributed by atoms with van der Waals surface area (Å²) < 4.78 is 10.9. The summed E-state index contributed by atoms with van der Waals surface area (Å²) in [4.78, 5) is 37.3. The number of benzene rings is 2. The number of halogens is 1. The SMILES string of the molecule is CC(C)(C)OC(=O)c1cc(C(=O)OCC[Si](C)(C)C)ccc1-c1cc(Cl)ccc1C(=O)O. The number of esters is 2. The van der Waals surface area contributed by atoms with E-state index in [1.807, 2.05) is 0 Å². The zero-order chi connectivity index (χ0) is 24.3. The highest BCUT2D eigenvalue weighted by Crippen LogP contribution is 2.32. The van der Waals surface area contributed by atoms with Crippen molar-refractivity contribution < 1.29 is 29.0 Å². The van der Waals surface area contributed by atoms with Crippen LogP contribution in [0.3, 0.4) is 0 Å². The van der Waals surface area contributed by atoms with E-state index in [-0.39, 0.29) is 22.3 Å². The van der Waals surface area contributed by atoms with E-state index < -0.39 is 31.6 Å². The molecule has 0 atom stereocenters. The van der Waals surface area contributed by atoms with Gasteiger partial charge in [-0.2, -0.15) is 0 Å². The minimum Gasteiger partial charge on any atom is -0.478 e. The second-order valence-corrected chi connectivity index (χ2v) is 15.8. The molecule has 2 aromatic carbocycles. The molecular formula is C24H29ClO6Si. The van der Waals surface area contributed by atoms with Gasteiger partial charge in [0.05, 0.1) is 23.3 Å². The fraction of sp³-hybridized carbons (Fsp3) is 0.375. The number of hydrogen-bond acceptors (Lipinski definition) is 5. The molecule has 0 spiro atoms. The second kappa shape index (κ2) is 9.88. The van der Waals surface area contributed by atoms with Crippen LogP contribution >= 0.6 is 11.6 Å². The quantitative estimate of drug-likeness (QED) is 0.380. The van der Waals surface area contributed by atoms with Crippen LogP contribution in [0, 0.1) is 0 Å². The van der Waals surface area contributed by atoms with Crippen molar-refractivity contribution in [1.29, 1.82) is 0 Å². The number of carbonyl (C=O) groups is 3. The average molecular weight is 477 g/mol. The van der Waals surface area contributed by atoms with Gasteiger partial charge in [-0.15, -0.1) is 0 Å². The Kier molecular flexibility index (Phi) is 7.91. The highest BCUT2D eigenvalue weighted by Gasteiger charge is 2.25. The fourth-order valence-electron chi connectivity index (χ4n) is 2.87. The summed E-state index contributed by atoms with van der Waals surface area (Å²) in [7, 11) is -1.38. The van der Waals surface area contributed by atoms with Crippen LogP contribution in [-0.2, 0) is 9.47 Å². The molecule has 0 aromatic heterocycles. The maximum atomic E-state index is 13.0. The largest absolute Gasteiger partial charge is 0.478 e. The van der Waals surface area contributed by atoms with Gasteiger partial charge in [-0.3, -0.25) is 0 Å². The molecule has 0 saturated carbocycles. The molecule has 32 heavy (non-hydrogen) atoms. The van der Waals surface area contributed by atoms with Crippen molar-refractivity contribution in [2.75, 3.05) is 6.61 Å². The summed E-state index contributed by atoms with van der Waals surface area (Å²) >= 11 is 6.11. The lowest BCUT2D eigenvalue weighted by Crippen LogP contribution is -2.25. The van der Waals surface area contributed by atoms with Crippen molar-refractivity contribution in [3.05, 3.63) is 58.1 Å². The molecule has 0 unspecified atom stereocenters. The molecule has 2 rings (SSSR count). The topological polar surface area (TPSA) is 89.9 Å². The zero-order valence-electron chi connectivity index (χ0n) is 19.2. The minimum absolute atomic E-state index is 0.0235. The Morgan fingerprint density at radius 2 is 1.59 bits per heavy atom. The summed E-state index contributed by atoms with van der Waals surface area (Å²) in [6.07, 6.45) is 0. The molecule has 172 valence electrons. The van der Waals surface area contributed by atoms with Crippen LogP contribution in [0.5, 0.6) is 0 Å². The highest BCUT2D eigenvalue weighted by atomic mass is 35.5. The van der Waals surface area contributed by atoms with Crippen LogP contribution in [0.2, 0.25) is 30.7 Å². The number of rotatable bonds is 7. The maximum Gasteiger partial charge on any atom is 0.339 e. The van der Waals surface area contributed by atoms with Gasteiger partial charge in [-0.1, -0.05) is 37.3 Å². The molecule has 1 N–H and O–H groups in total. The standard InChI is InChI=1S/C24H29ClO6Si/c1-24(2,3)31-23(29)20-13-15(22(28)30-11-12-32(4,5)6)7-9-17(20)19-14-16(25)8-10-18(19)21(26)27/h7-10,13-14H,11-12H2,1-6H3,(H,26,27). The van der Waals surface area contributed by atoms with Crippen LogP contribution in [-0.4, -0.2) is 43.3 Å². The Bertz CT molecular complexity index is 1030. The molecule has 2 aromatic rings. The van der Waals surface area contributed by atoms with Gasteiger partial charge in [0, 0.05) is 13.1 Å². The Morgan fingerprint density at radius 1 is 0.938 bits per heavy atom. The lowest BCUT2D eigenvalue weighted by molar-refractivity contribution is 0.00701. The summed E-state index contributed by atoms with van der Waals surface area (Å²) in [5, 5.41) is 9.92. The molecule has 0 saturated heterocycles. The Hall–Kier alpha value is -2.64. The van der Waals surface area contributed by atoms with Gasteiger partial charge >= 0.3 is 17.9 Å². The first-order valence-corrected chi connectivity index (χ1v) is 14.3. The van der Waals surface area contributed by atoms with Crippen LogP contribution in [0.15, 0.2) is 36.4 Å². The number of carbonyl (C=O) groups excluding carboxylic acids is 2. The van der Waals surface area contributed by atoms with Crippen molar-refractivity contribution in [2.24, 2.45) is 0 Å². The van der Waals surface area contributed by atoms with E-state index in [0.29, 0.717) is 17.2 Å². The van der Waals surface area contributed by atoms with Crippen LogP contribution < -0.4 is 0 Å². The minimum atomic E-state index is -1.38. The molecule has 0 aliphatic carbocycles. The third-order valence-corrected chi connectivity index (χ3v) is 6.40. The first-order valence-electron chi connectivity index (χ1n) is 10.3. The summed E-state index contributed by atoms with van der Waals surface area (Å²) in [6, 6.07) is 9.54. The van der Waals surface area contributed by atoms with Gasteiger partial charge in [-0.05, 0) is 68.3 Å². The van der Waals surface area contributed by atoms with Crippen LogP contribution in [0.25, 0.3) is 11.1 Å². The summed E-state index contributed by atoms with van der Waals surface area (Å²) in [6.45, 7) is 12.0. The molecule has 0 aliphatic rings. The Labute approximate surface area is 194 Å². The van der Waals surface area contributed by atoms with Crippen molar-refractivity contribution in [3.8, 4) is 11.1 Å². The second-order valence-electron chi connectivity index (χ2n) is 9.70. The number of hydrogen-bond donors (Lipinski definition) is 1. The van der Waals surface area contributed by atoms with E-state index in [1.165, 1.54) is 36.4 Å². The first-order chi connectivity index (χ1) is 14.7. The first kappa shape index (κ1) is 25.6. The van der Waals surface area contributed by atoms with E-state index in [0.717, 1.165) is 6.04 Å². The van der Waals surface area contributed by atoms with Crippen molar-refractivity contribution in [3.63, 3.8) is 0 Å². The van der Waals surface area contributed by atoms with Gasteiger partial charge in [0.15, 0.2) is 0 Å². The molecule has 6 nitrogen and oxygen atoms in total. The van der Waals surface area contributed by atoms with Gasteiger partial charge in [0.25, 0.3) is 0 Å². The van der Waals surface area contributed by atoms with E-state index in [4.69, 9.17) is 21.1 Å². The molecule has 8 heteroatoms. The Balaban J connectivity index is 2.54. The number of ether oxygens (including phenoxy) is 2. The van der Waals surface area contributed by atoms with E-state index >= 15 is 0 Å². The lowest BCUT2D eigenvalue weighted by Gasteiger charge is -2.21. The van der Waals surface area contributed by atoms with Crippen molar-refractivity contribution >= 4 is 37.6 Å². The number of carboxylic acid groups (broad SMARTS) is 1. The normalized spacial score (nSPS) is 11.7. The van der Waals surface area contributed by atoms with Gasteiger partial charge in [-0.25, -0.2) is 14.4 Å². The Morgan fingerprint density at radius 3 is 2.16 bits per heavy atom. The predicted octanol–water partition coefficient (Wildman–Crippen LogP) is 6.16. The van der Waals surface area contributed by atoms with Gasteiger partial charge in [0.2, 0.25) is 0 Å². The molecule has 0 bridgehead atoms. The molecule has 0 aliphatic heterocycles. The predicted molar refractivity (Wildman–Crippen MR) is 127 cm³/mol. The zero-order valence-corrected chi connectivity index (χ0v) is 21.0. The molecule has 0 amide bonds. The van der Waals surface area contributed by atoms with Crippen LogP contribution in [0.1, 0.15) is 51.8 Å². The highest BCUT2D eigenvalue weighted by molar-refractivity contribution is 6.76. The molecule has 0 radical (unpaired) electrons. The maximum absolute atomic E-state index is 13.0. The molecular weight excluding hydrogens is 448 g/mol. The third-order valence-electron chi connectivity index (χ3n) is 4.46. The van der Waals surface area contributed by atoms with Crippen molar-refractivity contribution in [2.45, 2.75) is 52.1 Å². The van der Waals surface area contributed by atoms with Crippen LogP contribution in [0.4, 0.5) is 0 Å². The van der Waals surface area contributed by atoms with Gasteiger partial charge < -0.3 is 14.6 Å². The number of carboxylic acids is 1. The van der Waals surface area contributed by atoms with E-state index in [9.17, 15) is 19.5 Å². The smallest absolute Gasteiger partial charge is 0.339 e. The van der Waals surface area contributed by atoms with Gasteiger partial charge in [0.1, 0.15) is 5.60 Å². The van der Waals surface area contributed by atoms with E-state index in [1.54, 1.807) is 20.8 Å². The average Bonchev–Trinajstić information content (AvgIpc) is 2.64.